The van der Waals surface area contributed by atoms with E-state index in [0.29, 0.717) is 23.7 Å². The van der Waals surface area contributed by atoms with E-state index in [-0.39, 0.29) is 11.9 Å². The van der Waals surface area contributed by atoms with Gasteiger partial charge in [0.25, 0.3) is 5.91 Å². The van der Waals surface area contributed by atoms with Crippen LogP contribution in [0.1, 0.15) is 16.9 Å². The van der Waals surface area contributed by atoms with E-state index in [0.717, 1.165) is 6.54 Å². The molecule has 1 aliphatic rings. The van der Waals surface area contributed by atoms with Crippen molar-refractivity contribution in [2.24, 2.45) is 7.05 Å². The molecular formula is C13H20ClN3O2. The third-order valence-corrected chi connectivity index (χ3v) is 3.63. The second-order valence-corrected chi connectivity index (χ2v) is 5.85. The number of hydrogen-bond acceptors (Lipinski definition) is 3. The fourth-order valence-electron chi connectivity index (χ4n) is 2.62. The van der Waals surface area contributed by atoms with Crippen molar-refractivity contribution in [1.82, 2.24) is 14.4 Å². The molecule has 0 saturated carbocycles. The first-order valence-corrected chi connectivity index (χ1v) is 6.72. The van der Waals surface area contributed by atoms with Crippen LogP contribution in [0.4, 0.5) is 0 Å². The molecular weight excluding hydrogens is 266 g/mol. The Bertz CT molecular complexity index is 472. The maximum absolute atomic E-state index is 12.5. The van der Waals surface area contributed by atoms with E-state index in [1.165, 1.54) is 0 Å². The lowest BCUT2D eigenvalue weighted by Crippen LogP contribution is -2.42. The Morgan fingerprint density at radius 2 is 2.26 bits per heavy atom. The first kappa shape index (κ1) is 14.4. The predicted octanol–water partition coefficient (Wildman–Crippen LogP) is 0.815. The van der Waals surface area contributed by atoms with Crippen LogP contribution < -0.4 is 0 Å². The number of aliphatic hydroxyl groups is 1. The van der Waals surface area contributed by atoms with Crippen LogP contribution in [-0.2, 0) is 7.05 Å². The molecule has 1 saturated heterocycles. The minimum atomic E-state index is -0.440. The maximum atomic E-state index is 12.5. The summed E-state index contributed by atoms with van der Waals surface area (Å²) in [4.78, 5) is 16.3. The first-order chi connectivity index (χ1) is 8.88. The van der Waals surface area contributed by atoms with Crippen molar-refractivity contribution in [2.75, 3.05) is 27.2 Å². The summed E-state index contributed by atoms with van der Waals surface area (Å²) < 4.78 is 1.72. The normalized spacial score (nSPS) is 23.4. The molecule has 0 aliphatic carbocycles. The molecule has 0 radical (unpaired) electrons. The molecule has 19 heavy (non-hydrogen) atoms. The number of aliphatic hydroxyl groups excluding tert-OH is 1. The van der Waals surface area contributed by atoms with Crippen LogP contribution in [0.15, 0.2) is 12.3 Å². The van der Waals surface area contributed by atoms with Gasteiger partial charge in [0.1, 0.15) is 5.69 Å². The smallest absolute Gasteiger partial charge is 0.270 e. The number of likely N-dealkylation sites (tertiary alicyclic amines) is 1. The zero-order valence-corrected chi connectivity index (χ0v) is 12.3. The fraction of sp³-hybridized carbons (Fsp3) is 0.615. The van der Waals surface area contributed by atoms with Crippen LogP contribution in [0.25, 0.3) is 0 Å². The van der Waals surface area contributed by atoms with Crippen LogP contribution in [0.5, 0.6) is 0 Å². The number of likely N-dealkylation sites (N-methyl/N-ethyl adjacent to an activating group) is 1. The van der Waals surface area contributed by atoms with E-state index < -0.39 is 6.10 Å². The van der Waals surface area contributed by atoms with Crippen LogP contribution in [0.3, 0.4) is 0 Å². The molecule has 1 amide bonds. The molecule has 2 unspecified atom stereocenters. The summed E-state index contributed by atoms with van der Waals surface area (Å²) >= 11 is 5.92. The van der Waals surface area contributed by atoms with Gasteiger partial charge in [0.05, 0.1) is 11.1 Å². The summed E-state index contributed by atoms with van der Waals surface area (Å²) in [7, 11) is 5.73. The zero-order valence-electron chi connectivity index (χ0n) is 11.5. The Morgan fingerprint density at radius 3 is 2.79 bits per heavy atom. The van der Waals surface area contributed by atoms with Crippen molar-refractivity contribution in [3.63, 3.8) is 0 Å². The summed E-state index contributed by atoms with van der Waals surface area (Å²) in [6.07, 6.45) is 1.90. The van der Waals surface area contributed by atoms with Gasteiger partial charge in [0.15, 0.2) is 0 Å². The molecule has 1 aromatic rings. The number of rotatable bonds is 3. The van der Waals surface area contributed by atoms with E-state index >= 15 is 0 Å². The second-order valence-electron chi connectivity index (χ2n) is 5.42. The third kappa shape index (κ3) is 3.11. The van der Waals surface area contributed by atoms with Gasteiger partial charge < -0.3 is 19.5 Å². The van der Waals surface area contributed by atoms with Crippen molar-refractivity contribution in [2.45, 2.75) is 18.6 Å². The van der Waals surface area contributed by atoms with Gasteiger partial charge in [0.2, 0.25) is 0 Å². The lowest BCUT2D eigenvalue weighted by molar-refractivity contribution is 0.0689. The quantitative estimate of drug-likeness (QED) is 0.894. The van der Waals surface area contributed by atoms with E-state index in [4.69, 9.17) is 11.6 Å². The maximum Gasteiger partial charge on any atom is 0.270 e. The predicted molar refractivity (Wildman–Crippen MR) is 74.4 cm³/mol. The number of carbonyl (C=O) groups excluding carboxylic acids is 1. The number of aromatic nitrogens is 1. The Labute approximate surface area is 118 Å². The van der Waals surface area contributed by atoms with E-state index in [9.17, 15) is 9.90 Å². The fourth-order valence-corrected chi connectivity index (χ4v) is 2.87. The summed E-state index contributed by atoms with van der Waals surface area (Å²) in [6.45, 7) is 1.14. The van der Waals surface area contributed by atoms with Crippen molar-refractivity contribution >= 4 is 17.5 Å². The van der Waals surface area contributed by atoms with Crippen LogP contribution >= 0.6 is 11.6 Å². The topological polar surface area (TPSA) is 48.7 Å². The highest BCUT2D eigenvalue weighted by Gasteiger charge is 2.35. The molecule has 0 bridgehead atoms. The number of hydrogen-bond donors (Lipinski definition) is 1. The van der Waals surface area contributed by atoms with Crippen LogP contribution in [-0.4, -0.2) is 64.7 Å². The molecule has 6 heteroatoms. The largest absolute Gasteiger partial charge is 0.391 e. The highest BCUT2D eigenvalue weighted by Crippen LogP contribution is 2.23. The minimum Gasteiger partial charge on any atom is -0.391 e. The Kier molecular flexibility index (Phi) is 4.18. The Hall–Kier alpha value is -1.04. The number of β-amino-alcohol motifs (C(OH)–C–C–N with tert-alkyl or cyclic N) is 1. The third-order valence-electron chi connectivity index (χ3n) is 3.42. The standard InChI is InChI=1S/C13H20ClN3O2/c1-15(2)7-10-5-11(18)8-17(10)13(19)12-4-9(14)6-16(12)3/h4,6,10-11,18H,5,7-8H2,1-3H3. The molecule has 1 aliphatic heterocycles. The summed E-state index contributed by atoms with van der Waals surface area (Å²) in [5.74, 6) is -0.0715. The van der Waals surface area contributed by atoms with Gasteiger partial charge in [-0.1, -0.05) is 11.6 Å². The number of aryl methyl sites for hydroxylation is 1. The summed E-state index contributed by atoms with van der Waals surface area (Å²) in [5.41, 5.74) is 0.558. The molecule has 2 rings (SSSR count). The molecule has 1 aromatic heterocycles. The van der Waals surface area contributed by atoms with Gasteiger partial charge in [-0.05, 0) is 26.6 Å². The van der Waals surface area contributed by atoms with E-state index in [1.807, 2.05) is 19.0 Å². The van der Waals surface area contributed by atoms with E-state index in [2.05, 4.69) is 0 Å². The second kappa shape index (κ2) is 5.53. The highest BCUT2D eigenvalue weighted by atomic mass is 35.5. The lowest BCUT2D eigenvalue weighted by atomic mass is 10.2. The van der Waals surface area contributed by atoms with Crippen molar-refractivity contribution in [1.29, 1.82) is 0 Å². The number of halogens is 1. The number of amides is 1. The lowest BCUT2D eigenvalue weighted by Gasteiger charge is -2.26. The molecule has 1 N–H and O–H groups in total. The van der Waals surface area contributed by atoms with Gasteiger partial charge in [-0.15, -0.1) is 0 Å². The van der Waals surface area contributed by atoms with Crippen LogP contribution in [0, 0.1) is 0 Å². The van der Waals surface area contributed by atoms with Crippen molar-refractivity contribution in [3.8, 4) is 0 Å². The van der Waals surface area contributed by atoms with Gasteiger partial charge in [0, 0.05) is 32.4 Å². The summed E-state index contributed by atoms with van der Waals surface area (Å²) in [5, 5.41) is 10.4. The van der Waals surface area contributed by atoms with Gasteiger partial charge in [-0.3, -0.25) is 4.79 Å². The van der Waals surface area contributed by atoms with Crippen LogP contribution in [0.2, 0.25) is 5.02 Å². The van der Waals surface area contributed by atoms with Gasteiger partial charge in [-0.2, -0.15) is 0 Å². The Morgan fingerprint density at radius 1 is 1.58 bits per heavy atom. The van der Waals surface area contributed by atoms with Gasteiger partial charge in [-0.25, -0.2) is 0 Å². The van der Waals surface area contributed by atoms with Gasteiger partial charge >= 0.3 is 0 Å². The Balaban J connectivity index is 2.19. The van der Waals surface area contributed by atoms with E-state index in [1.54, 1.807) is 28.8 Å². The highest BCUT2D eigenvalue weighted by molar-refractivity contribution is 6.31. The average molecular weight is 286 g/mol. The molecule has 2 atom stereocenters. The monoisotopic (exact) mass is 285 g/mol. The summed E-state index contributed by atoms with van der Waals surface area (Å²) in [6, 6.07) is 1.72. The number of nitrogens with zero attached hydrogens (tertiary/aromatic N) is 3. The molecule has 2 heterocycles. The minimum absolute atomic E-state index is 0.0474. The molecule has 1 fully saturated rings. The first-order valence-electron chi connectivity index (χ1n) is 6.34. The zero-order chi connectivity index (χ0) is 14.2. The number of carbonyl (C=O) groups is 1. The van der Waals surface area contributed by atoms with Crippen molar-refractivity contribution < 1.29 is 9.90 Å². The molecule has 5 nitrogen and oxygen atoms in total. The molecule has 0 aromatic carbocycles. The average Bonchev–Trinajstić information content (AvgIpc) is 2.80. The molecule has 0 spiro atoms. The van der Waals surface area contributed by atoms with Crippen molar-refractivity contribution in [3.05, 3.63) is 23.0 Å². The molecule has 106 valence electrons. The SMILES string of the molecule is CN(C)CC1CC(O)CN1C(=O)c1cc(Cl)cn1C.